The van der Waals surface area contributed by atoms with Gasteiger partial charge in [0, 0.05) is 20.1 Å². The predicted octanol–water partition coefficient (Wildman–Crippen LogP) is 1.84. The molecule has 2 aromatic heterocycles. The molecule has 0 aliphatic carbocycles. The SMILES string of the molecule is CN=C(NCCCNC(=O)c1cccs1)NCc1nc(C)c(C)o1. The minimum Gasteiger partial charge on any atom is -0.444 e. The first kappa shape index (κ1) is 18.0. The van der Waals surface area contributed by atoms with Crippen LogP contribution in [0, 0.1) is 13.8 Å². The molecule has 0 saturated carbocycles. The van der Waals surface area contributed by atoms with Crippen molar-refractivity contribution in [3.05, 3.63) is 39.7 Å². The van der Waals surface area contributed by atoms with Gasteiger partial charge in [-0.2, -0.15) is 0 Å². The summed E-state index contributed by atoms with van der Waals surface area (Å²) in [5, 5.41) is 11.1. The van der Waals surface area contributed by atoms with E-state index in [9.17, 15) is 4.79 Å². The van der Waals surface area contributed by atoms with Crippen LogP contribution in [-0.4, -0.2) is 37.0 Å². The average molecular weight is 349 g/mol. The van der Waals surface area contributed by atoms with Gasteiger partial charge in [-0.3, -0.25) is 9.79 Å². The standard InChI is InChI=1S/C16H23N5O2S/c1-11-12(2)23-14(21-11)10-20-16(17-3)19-8-5-7-18-15(22)13-6-4-9-24-13/h4,6,9H,5,7-8,10H2,1-3H3,(H,18,22)(H2,17,19,20). The first-order chi connectivity index (χ1) is 11.6. The monoisotopic (exact) mass is 349 g/mol. The molecule has 24 heavy (non-hydrogen) atoms. The Morgan fingerprint density at radius 2 is 2.08 bits per heavy atom. The number of carbonyl (C=O) groups excluding carboxylic acids is 1. The smallest absolute Gasteiger partial charge is 0.261 e. The van der Waals surface area contributed by atoms with E-state index in [1.807, 2.05) is 31.4 Å². The topological polar surface area (TPSA) is 91.5 Å². The van der Waals surface area contributed by atoms with Gasteiger partial charge in [0.25, 0.3) is 5.91 Å². The Kier molecular flexibility index (Phi) is 6.80. The van der Waals surface area contributed by atoms with Crippen LogP contribution in [0.5, 0.6) is 0 Å². The Morgan fingerprint density at radius 3 is 2.71 bits per heavy atom. The van der Waals surface area contributed by atoms with Crippen LogP contribution in [0.25, 0.3) is 0 Å². The molecule has 2 aromatic rings. The lowest BCUT2D eigenvalue weighted by molar-refractivity contribution is 0.0957. The average Bonchev–Trinajstić information content (AvgIpc) is 3.20. The van der Waals surface area contributed by atoms with Crippen LogP contribution >= 0.6 is 11.3 Å². The van der Waals surface area contributed by atoms with Gasteiger partial charge in [0.1, 0.15) is 5.76 Å². The van der Waals surface area contributed by atoms with E-state index in [0.717, 1.165) is 22.8 Å². The first-order valence-electron chi connectivity index (χ1n) is 7.79. The van der Waals surface area contributed by atoms with Crippen LogP contribution < -0.4 is 16.0 Å². The van der Waals surface area contributed by atoms with Crippen molar-refractivity contribution in [3.63, 3.8) is 0 Å². The fourth-order valence-corrected chi connectivity index (χ4v) is 2.63. The molecule has 0 aliphatic heterocycles. The number of nitrogens with zero attached hydrogens (tertiary/aromatic N) is 2. The van der Waals surface area contributed by atoms with Crippen LogP contribution in [0.2, 0.25) is 0 Å². The second-order valence-electron chi connectivity index (χ2n) is 5.19. The highest BCUT2D eigenvalue weighted by atomic mass is 32.1. The summed E-state index contributed by atoms with van der Waals surface area (Å²) in [7, 11) is 1.71. The third-order valence-electron chi connectivity index (χ3n) is 3.38. The molecule has 0 saturated heterocycles. The summed E-state index contributed by atoms with van der Waals surface area (Å²) in [6, 6.07) is 3.68. The Bertz CT molecular complexity index is 659. The molecule has 0 aliphatic rings. The summed E-state index contributed by atoms with van der Waals surface area (Å²) in [4.78, 5) is 21.0. The van der Waals surface area contributed by atoms with Crippen LogP contribution in [0.15, 0.2) is 26.9 Å². The Hall–Kier alpha value is -2.35. The van der Waals surface area contributed by atoms with E-state index >= 15 is 0 Å². The number of nitrogens with one attached hydrogen (secondary N) is 3. The quantitative estimate of drug-likeness (QED) is 0.403. The molecule has 8 heteroatoms. The number of aryl methyl sites for hydroxylation is 2. The summed E-state index contributed by atoms with van der Waals surface area (Å²) < 4.78 is 5.51. The molecule has 2 rings (SSSR count). The molecular weight excluding hydrogens is 326 g/mol. The van der Waals surface area contributed by atoms with E-state index in [1.165, 1.54) is 11.3 Å². The van der Waals surface area contributed by atoms with Gasteiger partial charge in [-0.05, 0) is 31.7 Å². The van der Waals surface area contributed by atoms with Gasteiger partial charge in [0.2, 0.25) is 5.89 Å². The number of carbonyl (C=O) groups is 1. The van der Waals surface area contributed by atoms with Crippen LogP contribution in [0.3, 0.4) is 0 Å². The zero-order valence-corrected chi connectivity index (χ0v) is 15.0. The minimum absolute atomic E-state index is 0.0258. The van der Waals surface area contributed by atoms with Crippen molar-refractivity contribution in [3.8, 4) is 0 Å². The van der Waals surface area contributed by atoms with Gasteiger partial charge in [0.15, 0.2) is 5.96 Å². The number of guanidine groups is 1. The zero-order chi connectivity index (χ0) is 17.4. The lowest BCUT2D eigenvalue weighted by Gasteiger charge is -2.10. The lowest BCUT2D eigenvalue weighted by Crippen LogP contribution is -2.38. The molecule has 0 atom stereocenters. The summed E-state index contributed by atoms with van der Waals surface area (Å²) in [5.74, 6) is 2.11. The van der Waals surface area contributed by atoms with Crippen LogP contribution in [0.1, 0.15) is 33.4 Å². The van der Waals surface area contributed by atoms with Gasteiger partial charge >= 0.3 is 0 Å². The Morgan fingerprint density at radius 1 is 1.29 bits per heavy atom. The Labute approximate surface area is 145 Å². The van der Waals surface area contributed by atoms with Crippen LogP contribution in [-0.2, 0) is 6.54 Å². The third-order valence-corrected chi connectivity index (χ3v) is 4.25. The maximum absolute atomic E-state index is 11.8. The summed E-state index contributed by atoms with van der Waals surface area (Å²) >= 11 is 1.44. The summed E-state index contributed by atoms with van der Waals surface area (Å²) in [6.45, 7) is 5.60. The molecule has 0 unspecified atom stereocenters. The second kappa shape index (κ2) is 9.07. The third kappa shape index (κ3) is 5.38. The number of hydrogen-bond acceptors (Lipinski definition) is 5. The van der Waals surface area contributed by atoms with Gasteiger partial charge in [0.05, 0.1) is 17.1 Å². The summed E-state index contributed by atoms with van der Waals surface area (Å²) in [6.07, 6.45) is 0.801. The van der Waals surface area contributed by atoms with E-state index < -0.39 is 0 Å². The van der Waals surface area contributed by atoms with E-state index in [1.54, 1.807) is 7.05 Å². The molecule has 0 aromatic carbocycles. The molecule has 0 bridgehead atoms. The molecule has 3 N–H and O–H groups in total. The fourth-order valence-electron chi connectivity index (χ4n) is 1.99. The molecule has 0 fully saturated rings. The highest BCUT2D eigenvalue weighted by Gasteiger charge is 2.07. The minimum atomic E-state index is -0.0258. The van der Waals surface area contributed by atoms with Crippen molar-refractivity contribution in [2.24, 2.45) is 4.99 Å². The van der Waals surface area contributed by atoms with E-state index in [0.29, 0.717) is 31.5 Å². The maximum Gasteiger partial charge on any atom is 0.261 e. The number of aliphatic imine (C=N–C) groups is 1. The number of oxazole rings is 1. The van der Waals surface area contributed by atoms with Gasteiger partial charge in [-0.25, -0.2) is 4.98 Å². The van der Waals surface area contributed by atoms with Crippen LogP contribution in [0.4, 0.5) is 0 Å². The Balaban J connectivity index is 1.62. The predicted molar refractivity (Wildman–Crippen MR) is 95.4 cm³/mol. The highest BCUT2D eigenvalue weighted by Crippen LogP contribution is 2.08. The van der Waals surface area contributed by atoms with E-state index in [-0.39, 0.29) is 5.91 Å². The molecule has 1 amide bonds. The number of aromatic nitrogens is 1. The second-order valence-corrected chi connectivity index (χ2v) is 6.14. The van der Waals surface area contributed by atoms with E-state index in [2.05, 4.69) is 25.9 Å². The van der Waals surface area contributed by atoms with Gasteiger partial charge < -0.3 is 20.4 Å². The molecule has 2 heterocycles. The van der Waals surface area contributed by atoms with Crippen molar-refractivity contribution < 1.29 is 9.21 Å². The van der Waals surface area contributed by atoms with Crippen molar-refractivity contribution >= 4 is 23.2 Å². The largest absolute Gasteiger partial charge is 0.444 e. The van der Waals surface area contributed by atoms with Gasteiger partial charge in [-0.15, -0.1) is 11.3 Å². The van der Waals surface area contributed by atoms with E-state index in [4.69, 9.17) is 4.42 Å². The van der Waals surface area contributed by atoms with Crippen molar-refractivity contribution in [1.82, 2.24) is 20.9 Å². The lowest BCUT2D eigenvalue weighted by atomic mass is 10.4. The van der Waals surface area contributed by atoms with Crippen molar-refractivity contribution in [1.29, 1.82) is 0 Å². The molecule has 0 spiro atoms. The molecule has 7 nitrogen and oxygen atoms in total. The highest BCUT2D eigenvalue weighted by molar-refractivity contribution is 7.12. The fraction of sp³-hybridized carbons (Fsp3) is 0.438. The molecular formula is C16H23N5O2S. The number of rotatable bonds is 7. The number of amides is 1. The normalized spacial score (nSPS) is 11.4. The first-order valence-corrected chi connectivity index (χ1v) is 8.67. The maximum atomic E-state index is 11.8. The molecule has 0 radical (unpaired) electrons. The van der Waals surface area contributed by atoms with Crippen molar-refractivity contribution in [2.45, 2.75) is 26.8 Å². The van der Waals surface area contributed by atoms with Gasteiger partial charge in [-0.1, -0.05) is 6.07 Å². The number of thiophene rings is 1. The molecule has 130 valence electrons. The number of hydrogen-bond donors (Lipinski definition) is 3. The summed E-state index contributed by atoms with van der Waals surface area (Å²) in [5.41, 5.74) is 0.899. The van der Waals surface area contributed by atoms with Crippen molar-refractivity contribution in [2.75, 3.05) is 20.1 Å². The zero-order valence-electron chi connectivity index (χ0n) is 14.2.